The highest BCUT2D eigenvalue weighted by molar-refractivity contribution is 6.07. The van der Waals surface area contributed by atoms with Crippen molar-refractivity contribution in [3.63, 3.8) is 0 Å². The van der Waals surface area contributed by atoms with Gasteiger partial charge in [0.2, 0.25) is 5.91 Å². The Bertz CT molecular complexity index is 1080. The zero-order chi connectivity index (χ0) is 23.1. The molecule has 0 unspecified atom stereocenters. The fraction of sp³-hybridized carbons (Fsp3) is 0.240. The number of rotatable bonds is 7. The van der Waals surface area contributed by atoms with Gasteiger partial charge in [-0.05, 0) is 47.4 Å². The Morgan fingerprint density at radius 1 is 0.812 bits per heavy atom. The predicted octanol–water partition coefficient (Wildman–Crippen LogP) is 4.59. The molecule has 0 aliphatic carbocycles. The Labute approximate surface area is 187 Å². The van der Waals surface area contributed by atoms with Crippen LogP contribution in [0.3, 0.4) is 0 Å². The van der Waals surface area contributed by atoms with Crippen molar-refractivity contribution in [3.05, 3.63) is 83.8 Å². The van der Waals surface area contributed by atoms with Crippen molar-refractivity contribution < 1.29 is 18.8 Å². The lowest BCUT2D eigenvalue weighted by Gasteiger charge is -2.19. The minimum atomic E-state index is -0.382. The molecule has 0 fully saturated rings. The quantitative estimate of drug-likeness (QED) is 0.507. The Hall–Kier alpha value is -3.87. The van der Waals surface area contributed by atoms with E-state index >= 15 is 0 Å². The van der Waals surface area contributed by atoms with Gasteiger partial charge in [-0.15, -0.1) is 0 Å². The highest BCUT2D eigenvalue weighted by atomic mass is 16.3. The number of furan rings is 1. The van der Waals surface area contributed by atoms with Gasteiger partial charge in [-0.2, -0.15) is 0 Å². The van der Waals surface area contributed by atoms with Gasteiger partial charge in [-0.25, -0.2) is 0 Å². The highest BCUT2D eigenvalue weighted by Crippen LogP contribution is 2.24. The van der Waals surface area contributed by atoms with E-state index in [1.165, 1.54) is 6.26 Å². The average molecular weight is 434 g/mol. The predicted molar refractivity (Wildman–Crippen MR) is 124 cm³/mol. The second kappa shape index (κ2) is 9.96. The minimum Gasteiger partial charge on any atom is -0.459 e. The molecule has 0 saturated carbocycles. The summed E-state index contributed by atoms with van der Waals surface area (Å²) in [6.07, 6.45) is 1.48. The van der Waals surface area contributed by atoms with Crippen molar-refractivity contribution in [2.24, 2.45) is 0 Å². The molecular weight excluding hydrogens is 406 g/mol. The normalized spacial score (nSPS) is 11.0. The first kappa shape index (κ1) is 22.8. The second-order valence-electron chi connectivity index (χ2n) is 8.36. The lowest BCUT2D eigenvalue weighted by molar-refractivity contribution is -0.116. The zero-order valence-corrected chi connectivity index (χ0v) is 18.4. The van der Waals surface area contributed by atoms with Gasteiger partial charge >= 0.3 is 0 Å². The lowest BCUT2D eigenvalue weighted by Crippen LogP contribution is -2.27. The first-order chi connectivity index (χ1) is 15.2. The molecule has 0 radical (unpaired) electrons. The van der Waals surface area contributed by atoms with E-state index in [4.69, 9.17) is 4.42 Å². The molecule has 0 atom stereocenters. The molecule has 3 rings (SSSR count). The van der Waals surface area contributed by atoms with Crippen molar-refractivity contribution in [3.8, 4) is 0 Å². The van der Waals surface area contributed by atoms with Crippen molar-refractivity contribution >= 4 is 29.1 Å². The summed E-state index contributed by atoms with van der Waals surface area (Å²) in [7, 11) is 0. The Balaban J connectivity index is 1.57. The highest BCUT2D eigenvalue weighted by Gasteiger charge is 2.15. The first-order valence-corrected chi connectivity index (χ1v) is 10.4. The van der Waals surface area contributed by atoms with E-state index in [9.17, 15) is 14.4 Å². The van der Waals surface area contributed by atoms with Gasteiger partial charge in [0.1, 0.15) is 0 Å². The van der Waals surface area contributed by atoms with Crippen LogP contribution in [0.4, 0.5) is 11.4 Å². The maximum atomic E-state index is 12.7. The van der Waals surface area contributed by atoms with Gasteiger partial charge in [-0.1, -0.05) is 45.0 Å². The molecular formula is C25H27N3O4. The smallest absolute Gasteiger partial charge is 0.286 e. The summed E-state index contributed by atoms with van der Waals surface area (Å²) in [5.74, 6) is -0.749. The van der Waals surface area contributed by atoms with Gasteiger partial charge in [0, 0.05) is 18.5 Å². The maximum Gasteiger partial charge on any atom is 0.286 e. The first-order valence-electron chi connectivity index (χ1n) is 10.4. The molecule has 7 nitrogen and oxygen atoms in total. The van der Waals surface area contributed by atoms with Crippen molar-refractivity contribution in [1.29, 1.82) is 0 Å². The molecule has 1 aromatic heterocycles. The molecule has 0 saturated heterocycles. The van der Waals surface area contributed by atoms with E-state index in [2.05, 4.69) is 36.7 Å². The van der Waals surface area contributed by atoms with E-state index in [0.717, 1.165) is 5.56 Å². The summed E-state index contributed by atoms with van der Waals surface area (Å²) in [6, 6.07) is 17.6. The van der Waals surface area contributed by atoms with Crippen LogP contribution in [0.1, 0.15) is 53.7 Å². The van der Waals surface area contributed by atoms with Crippen LogP contribution in [0.2, 0.25) is 0 Å². The molecule has 3 N–H and O–H groups in total. The number of carbonyl (C=O) groups is 3. The van der Waals surface area contributed by atoms with E-state index in [0.29, 0.717) is 16.9 Å². The Morgan fingerprint density at radius 2 is 1.47 bits per heavy atom. The number of hydrogen-bond donors (Lipinski definition) is 3. The fourth-order valence-electron chi connectivity index (χ4n) is 3.01. The van der Waals surface area contributed by atoms with Crippen molar-refractivity contribution in [2.45, 2.75) is 32.6 Å². The topological polar surface area (TPSA) is 100 Å². The monoisotopic (exact) mass is 433 g/mol. The summed E-state index contributed by atoms with van der Waals surface area (Å²) in [5, 5.41) is 8.25. The van der Waals surface area contributed by atoms with Gasteiger partial charge in [0.05, 0.1) is 17.6 Å². The third-order valence-electron chi connectivity index (χ3n) is 4.85. The van der Waals surface area contributed by atoms with Gasteiger partial charge in [-0.3, -0.25) is 14.4 Å². The summed E-state index contributed by atoms with van der Waals surface area (Å²) in [5.41, 5.74) is 2.64. The number of hydrogen-bond acceptors (Lipinski definition) is 4. The van der Waals surface area contributed by atoms with Gasteiger partial charge < -0.3 is 20.4 Å². The van der Waals surface area contributed by atoms with Gasteiger partial charge in [0.15, 0.2) is 5.76 Å². The van der Waals surface area contributed by atoms with E-state index in [1.807, 2.05) is 12.1 Å². The lowest BCUT2D eigenvalue weighted by atomic mass is 9.87. The molecule has 1 heterocycles. The molecule has 3 aromatic rings. The average Bonchev–Trinajstić information content (AvgIpc) is 3.29. The van der Waals surface area contributed by atoms with Crippen molar-refractivity contribution in [1.82, 2.24) is 5.32 Å². The second-order valence-corrected chi connectivity index (χ2v) is 8.36. The number of carbonyl (C=O) groups excluding carboxylic acids is 3. The number of para-hydroxylation sites is 2. The van der Waals surface area contributed by atoms with Crippen LogP contribution in [-0.4, -0.2) is 24.3 Å². The van der Waals surface area contributed by atoms with Crippen LogP contribution in [0, 0.1) is 0 Å². The summed E-state index contributed by atoms with van der Waals surface area (Å²) >= 11 is 0. The number of anilines is 2. The molecule has 0 aliphatic heterocycles. The maximum absolute atomic E-state index is 12.7. The van der Waals surface area contributed by atoms with E-state index in [1.54, 1.807) is 48.5 Å². The van der Waals surface area contributed by atoms with Crippen LogP contribution >= 0.6 is 0 Å². The van der Waals surface area contributed by atoms with Gasteiger partial charge in [0.25, 0.3) is 11.8 Å². The van der Waals surface area contributed by atoms with Crippen LogP contribution < -0.4 is 16.0 Å². The largest absolute Gasteiger partial charge is 0.459 e. The number of amides is 3. The summed E-state index contributed by atoms with van der Waals surface area (Å²) < 4.78 is 5.01. The standard InChI is InChI=1S/C25H27N3O4/c1-25(2,3)18-12-10-17(11-13-18)23(30)28-20-8-5-4-7-19(20)27-22(29)14-15-26-24(31)21-9-6-16-32-21/h4-13,16H,14-15H2,1-3H3,(H,26,31)(H,27,29)(H,28,30). The van der Waals surface area contributed by atoms with E-state index < -0.39 is 0 Å². The third-order valence-corrected chi connectivity index (χ3v) is 4.85. The molecule has 3 amide bonds. The molecule has 0 spiro atoms. The van der Waals surface area contributed by atoms with Crippen molar-refractivity contribution in [2.75, 3.05) is 17.2 Å². The van der Waals surface area contributed by atoms with Crippen LogP contribution in [-0.2, 0) is 10.2 Å². The molecule has 7 heteroatoms. The molecule has 32 heavy (non-hydrogen) atoms. The van der Waals surface area contributed by atoms with E-state index in [-0.39, 0.29) is 41.9 Å². The van der Waals surface area contributed by atoms with Crippen LogP contribution in [0.5, 0.6) is 0 Å². The third kappa shape index (κ3) is 6.07. The number of benzene rings is 2. The van der Waals surface area contributed by atoms with Crippen LogP contribution in [0.15, 0.2) is 71.3 Å². The zero-order valence-electron chi connectivity index (χ0n) is 18.4. The fourth-order valence-corrected chi connectivity index (χ4v) is 3.01. The Kier molecular flexibility index (Phi) is 7.10. The summed E-state index contributed by atoms with van der Waals surface area (Å²) in [6.45, 7) is 6.50. The number of nitrogens with one attached hydrogen (secondary N) is 3. The molecule has 2 aromatic carbocycles. The molecule has 0 bridgehead atoms. The minimum absolute atomic E-state index is 0.00329. The summed E-state index contributed by atoms with van der Waals surface area (Å²) in [4.78, 5) is 36.9. The van der Waals surface area contributed by atoms with Crippen LogP contribution in [0.25, 0.3) is 0 Å². The molecule has 0 aliphatic rings. The Morgan fingerprint density at radius 3 is 2.06 bits per heavy atom. The molecule has 166 valence electrons. The SMILES string of the molecule is CC(C)(C)c1ccc(C(=O)Nc2ccccc2NC(=O)CCNC(=O)c2ccco2)cc1.